The second kappa shape index (κ2) is 13.5. The number of rotatable bonds is 4. The molecule has 17 heteroatoms. The molecule has 6 aromatic heterocycles. The summed E-state index contributed by atoms with van der Waals surface area (Å²) in [6.07, 6.45) is 18.9. The van der Waals surface area contributed by atoms with Crippen molar-refractivity contribution in [1.29, 1.82) is 0 Å². The quantitative estimate of drug-likeness (QED) is 0.228. The fourth-order valence-electron chi connectivity index (χ4n) is 6.16. The van der Waals surface area contributed by atoms with Gasteiger partial charge in [0.25, 0.3) is 0 Å². The summed E-state index contributed by atoms with van der Waals surface area (Å²) < 4.78 is 15.3. The van der Waals surface area contributed by atoms with Crippen LogP contribution in [-0.4, -0.2) is 87.4 Å². The van der Waals surface area contributed by atoms with Crippen molar-refractivity contribution < 1.29 is 9.47 Å². The number of aromatic nitrogens is 10. The van der Waals surface area contributed by atoms with Crippen LogP contribution in [-0.2, 0) is 0 Å². The highest BCUT2D eigenvalue weighted by Gasteiger charge is 2.52. The Morgan fingerprint density at radius 2 is 1.23 bits per heavy atom. The highest BCUT2D eigenvalue weighted by Crippen LogP contribution is 2.49. The first-order chi connectivity index (χ1) is 25.6. The molecule has 4 aliphatic rings. The first kappa shape index (κ1) is 34.1. The number of anilines is 5. The van der Waals surface area contributed by atoms with Gasteiger partial charge in [-0.3, -0.25) is 0 Å². The zero-order chi connectivity index (χ0) is 36.7. The standard InChI is InChI=1S/C18H19N7O.C9H10ClN3O.C9H10N4/c1-12-9-25(11-21-12)13-3-4-15(19-7-13)22-17-20-8-14-16(23-17)24(2)18(5-6-18)10-26-14;1-13-7-6(4-11-8(10)12-7)14-5-9(13)2-3-9;1-7-5-13(6-12-7)8-2-3-9(10)11-4-8/h3-4,7-9,11H,5-6,10H2,1-2H3,(H,19,20,22,23);4H,2-3,5H2,1H3;2-6H,1H3,(H2,10,11). The van der Waals surface area contributed by atoms with Gasteiger partial charge in [-0.2, -0.15) is 9.97 Å². The van der Waals surface area contributed by atoms with Crippen LogP contribution in [0.15, 0.2) is 74.1 Å². The summed E-state index contributed by atoms with van der Waals surface area (Å²) in [5.41, 5.74) is 9.65. The highest BCUT2D eigenvalue weighted by molar-refractivity contribution is 6.28. The zero-order valence-corrected chi connectivity index (χ0v) is 30.6. The van der Waals surface area contributed by atoms with Gasteiger partial charge in [0.05, 0.1) is 71.3 Å². The average molecular weight is 735 g/mol. The maximum Gasteiger partial charge on any atom is 0.230 e. The molecule has 2 aliphatic heterocycles. The molecule has 16 nitrogen and oxygen atoms in total. The lowest BCUT2D eigenvalue weighted by Gasteiger charge is -2.34. The Kier molecular flexibility index (Phi) is 8.68. The van der Waals surface area contributed by atoms with E-state index in [1.165, 1.54) is 12.8 Å². The first-order valence-electron chi connectivity index (χ1n) is 17.2. The maximum atomic E-state index is 5.82. The Morgan fingerprint density at radius 3 is 1.72 bits per heavy atom. The van der Waals surface area contributed by atoms with Crippen LogP contribution in [0.5, 0.6) is 11.5 Å². The van der Waals surface area contributed by atoms with Crippen molar-refractivity contribution >= 4 is 40.8 Å². The van der Waals surface area contributed by atoms with E-state index in [0.717, 1.165) is 65.3 Å². The number of nitrogen functional groups attached to an aromatic ring is 1. The molecule has 2 aliphatic carbocycles. The normalized spacial score (nSPS) is 16.5. The van der Waals surface area contributed by atoms with Crippen LogP contribution in [0.2, 0.25) is 5.28 Å². The lowest BCUT2D eigenvalue weighted by molar-refractivity contribution is 0.252. The SMILES string of the molecule is CN1c2nc(Cl)ncc2OCC12CC2.Cc1cn(-c2ccc(N)nc2)cn1.Cc1cn(-c2ccc(Nc3ncc4c(n3)N(C)C3(CC3)CO4)nc2)cn1. The molecule has 6 aromatic rings. The minimum atomic E-state index is 0.126. The average Bonchev–Trinajstić information content (AvgIpc) is 4.04. The molecule has 0 aromatic carbocycles. The third-order valence-corrected chi connectivity index (χ3v) is 10.1. The number of likely N-dealkylation sites (N-methyl/N-ethyl adjacent to an activating group) is 2. The second-order valence-corrected chi connectivity index (χ2v) is 14.0. The van der Waals surface area contributed by atoms with E-state index < -0.39 is 0 Å². The van der Waals surface area contributed by atoms with Gasteiger partial charge in [0, 0.05) is 26.5 Å². The number of aryl methyl sites for hydroxylation is 2. The van der Waals surface area contributed by atoms with Crippen molar-refractivity contribution in [3.8, 4) is 22.9 Å². The number of ether oxygens (including phenoxy) is 2. The molecular weight excluding hydrogens is 696 g/mol. The first-order valence-corrected chi connectivity index (χ1v) is 17.6. The van der Waals surface area contributed by atoms with Crippen LogP contribution in [0, 0.1) is 13.8 Å². The minimum absolute atomic E-state index is 0.126. The molecule has 3 N–H and O–H groups in total. The Hall–Kier alpha value is -6.03. The number of hydrogen-bond donors (Lipinski definition) is 2. The molecule has 0 bridgehead atoms. The number of nitrogens with zero attached hydrogens (tertiary/aromatic N) is 12. The number of nitrogens with one attached hydrogen (secondary N) is 1. The van der Waals surface area contributed by atoms with E-state index in [1.54, 1.807) is 43.5 Å². The third kappa shape index (κ3) is 7.09. The molecule has 0 unspecified atom stereocenters. The summed E-state index contributed by atoms with van der Waals surface area (Å²) >= 11 is 5.75. The predicted molar refractivity (Wildman–Crippen MR) is 201 cm³/mol. The molecule has 8 heterocycles. The van der Waals surface area contributed by atoms with Gasteiger partial charge in [-0.05, 0) is 75.4 Å². The number of hydrogen-bond acceptors (Lipinski definition) is 14. The third-order valence-electron chi connectivity index (χ3n) is 9.93. The van der Waals surface area contributed by atoms with Crippen molar-refractivity contribution in [1.82, 2.24) is 49.0 Å². The summed E-state index contributed by atoms with van der Waals surface area (Å²) in [5.74, 6) is 4.83. The van der Waals surface area contributed by atoms with Gasteiger partial charge < -0.3 is 39.5 Å². The van der Waals surface area contributed by atoms with E-state index in [-0.39, 0.29) is 16.4 Å². The summed E-state index contributed by atoms with van der Waals surface area (Å²) in [7, 11) is 4.11. The van der Waals surface area contributed by atoms with E-state index in [0.29, 0.717) is 24.2 Å². The fourth-order valence-corrected chi connectivity index (χ4v) is 6.29. The molecular formula is C36H39ClN14O2. The van der Waals surface area contributed by atoms with Crippen LogP contribution in [0.4, 0.5) is 29.2 Å². The van der Waals surface area contributed by atoms with Crippen LogP contribution >= 0.6 is 11.6 Å². The van der Waals surface area contributed by atoms with Crippen molar-refractivity contribution in [2.24, 2.45) is 0 Å². The number of nitrogens with two attached hydrogens (primary N) is 1. The van der Waals surface area contributed by atoms with E-state index in [1.807, 2.05) is 60.6 Å². The zero-order valence-electron chi connectivity index (χ0n) is 29.8. The van der Waals surface area contributed by atoms with Crippen LogP contribution in [0.25, 0.3) is 11.4 Å². The van der Waals surface area contributed by atoms with Crippen molar-refractivity contribution in [3.63, 3.8) is 0 Å². The molecule has 0 radical (unpaired) electrons. The van der Waals surface area contributed by atoms with E-state index in [9.17, 15) is 0 Å². The van der Waals surface area contributed by atoms with Crippen LogP contribution in [0.3, 0.4) is 0 Å². The summed E-state index contributed by atoms with van der Waals surface area (Å²) in [4.78, 5) is 38.2. The fraction of sp³-hybridized carbons (Fsp3) is 0.333. The second-order valence-electron chi connectivity index (χ2n) is 13.7. The molecule has 0 atom stereocenters. The minimum Gasteiger partial charge on any atom is -0.486 e. The number of halogens is 1. The molecule has 0 amide bonds. The molecule has 2 fully saturated rings. The predicted octanol–water partition coefficient (Wildman–Crippen LogP) is 5.12. The van der Waals surface area contributed by atoms with Crippen molar-refractivity contribution in [3.05, 3.63) is 90.8 Å². The maximum absolute atomic E-state index is 5.82. The summed E-state index contributed by atoms with van der Waals surface area (Å²) in [6, 6.07) is 7.55. The number of imidazole rings is 2. The van der Waals surface area contributed by atoms with Gasteiger partial charge in [-0.1, -0.05) is 0 Å². The van der Waals surface area contributed by atoms with Gasteiger partial charge in [-0.15, -0.1) is 0 Å². The van der Waals surface area contributed by atoms with Crippen molar-refractivity contribution in [2.45, 2.75) is 50.6 Å². The van der Waals surface area contributed by atoms with Gasteiger partial charge in [-0.25, -0.2) is 29.9 Å². The van der Waals surface area contributed by atoms with E-state index in [2.05, 4.69) is 62.0 Å². The summed E-state index contributed by atoms with van der Waals surface area (Å²) in [5, 5.41) is 3.44. The van der Waals surface area contributed by atoms with Gasteiger partial charge in [0.1, 0.15) is 24.8 Å². The molecule has 2 spiro atoms. The topological polar surface area (TPSA) is 176 Å². The van der Waals surface area contributed by atoms with Gasteiger partial charge in [0.15, 0.2) is 23.1 Å². The Balaban J connectivity index is 0.000000125. The smallest absolute Gasteiger partial charge is 0.230 e. The monoisotopic (exact) mass is 734 g/mol. The Labute approximate surface area is 311 Å². The Morgan fingerprint density at radius 1 is 0.679 bits per heavy atom. The Bertz CT molecular complexity index is 2230. The molecule has 53 heavy (non-hydrogen) atoms. The lowest BCUT2D eigenvalue weighted by Crippen LogP contribution is -2.43. The molecule has 2 saturated carbocycles. The summed E-state index contributed by atoms with van der Waals surface area (Å²) in [6.45, 7) is 5.35. The van der Waals surface area contributed by atoms with Crippen molar-refractivity contribution in [2.75, 3.05) is 48.2 Å². The van der Waals surface area contributed by atoms with Gasteiger partial charge >= 0.3 is 0 Å². The van der Waals surface area contributed by atoms with Crippen LogP contribution < -0.4 is 30.3 Å². The van der Waals surface area contributed by atoms with E-state index in [4.69, 9.17) is 26.8 Å². The highest BCUT2D eigenvalue weighted by atomic mass is 35.5. The molecule has 10 rings (SSSR count). The number of pyridine rings is 2. The van der Waals surface area contributed by atoms with Crippen LogP contribution in [0.1, 0.15) is 37.1 Å². The molecule has 272 valence electrons. The van der Waals surface area contributed by atoms with E-state index >= 15 is 0 Å². The van der Waals surface area contributed by atoms with Gasteiger partial charge in [0.2, 0.25) is 11.2 Å². The number of fused-ring (bicyclic) bond motifs is 2. The largest absolute Gasteiger partial charge is 0.486 e. The lowest BCUT2D eigenvalue weighted by atomic mass is 10.2. The molecule has 0 saturated heterocycles.